The van der Waals surface area contributed by atoms with Gasteiger partial charge in [0.2, 0.25) is 0 Å². The molecule has 0 radical (unpaired) electrons. The Labute approximate surface area is 120 Å². The van der Waals surface area contributed by atoms with E-state index in [1.807, 2.05) is 0 Å². The number of alkyl halides is 3. The highest BCUT2D eigenvalue weighted by Gasteiger charge is 2.28. The average molecular weight is 306 g/mol. The molecule has 0 atom stereocenters. The van der Waals surface area contributed by atoms with E-state index in [2.05, 4.69) is 4.74 Å². The Morgan fingerprint density at radius 1 is 1.14 bits per heavy atom. The fraction of sp³-hybridized carbons (Fsp3) is 0.500. The van der Waals surface area contributed by atoms with Gasteiger partial charge in [-0.25, -0.2) is 4.79 Å². The van der Waals surface area contributed by atoms with E-state index in [1.54, 1.807) is 24.3 Å². The van der Waals surface area contributed by atoms with Crippen molar-refractivity contribution in [2.45, 2.75) is 25.6 Å². The van der Waals surface area contributed by atoms with Crippen LogP contribution in [0.25, 0.3) is 0 Å². The monoisotopic (exact) mass is 306 g/mol. The molecule has 21 heavy (non-hydrogen) atoms. The molecule has 0 bridgehead atoms. The second kappa shape index (κ2) is 8.51. The fourth-order valence-electron chi connectivity index (χ4n) is 1.57. The van der Waals surface area contributed by atoms with Gasteiger partial charge in [-0.15, -0.1) is 13.2 Å². The van der Waals surface area contributed by atoms with E-state index >= 15 is 0 Å². The van der Waals surface area contributed by atoms with Crippen LogP contribution >= 0.6 is 0 Å². The zero-order chi connectivity index (χ0) is 15.7. The number of hydrogen-bond acceptors (Lipinski definition) is 4. The van der Waals surface area contributed by atoms with Crippen LogP contribution in [0, 0.1) is 0 Å². The lowest BCUT2D eigenvalue weighted by atomic mass is 10.2. The molecule has 0 N–H and O–H groups in total. The molecule has 118 valence electrons. The smallest absolute Gasteiger partial charge is 0.497 e. The number of rotatable bonds is 8. The van der Waals surface area contributed by atoms with Gasteiger partial charge in [-0.1, -0.05) is 6.07 Å². The van der Waals surface area contributed by atoms with Crippen LogP contribution in [0.2, 0.25) is 0 Å². The highest BCUT2D eigenvalue weighted by Crippen LogP contribution is 2.17. The lowest BCUT2D eigenvalue weighted by Gasteiger charge is -2.08. The molecule has 0 unspecified atom stereocenters. The van der Waals surface area contributed by atoms with Crippen molar-refractivity contribution in [2.75, 3.05) is 20.3 Å². The summed E-state index contributed by atoms with van der Waals surface area (Å²) in [4.78, 5) is 11.7. The molecule has 0 heterocycles. The molecule has 4 nitrogen and oxygen atoms in total. The number of ether oxygens (including phenoxy) is 3. The minimum Gasteiger partial charge on any atom is -0.497 e. The third-order valence-corrected chi connectivity index (χ3v) is 2.59. The van der Waals surface area contributed by atoms with Crippen molar-refractivity contribution in [3.8, 4) is 5.75 Å². The minimum atomic E-state index is -4.58. The summed E-state index contributed by atoms with van der Waals surface area (Å²) in [7, 11) is 1.49. The average Bonchev–Trinajstić information content (AvgIpc) is 2.45. The zero-order valence-corrected chi connectivity index (χ0v) is 11.6. The minimum absolute atomic E-state index is 0.155. The summed E-state index contributed by atoms with van der Waals surface area (Å²) in [6.07, 6.45) is -3.35. The van der Waals surface area contributed by atoms with Gasteiger partial charge in [-0.05, 0) is 37.5 Å². The van der Waals surface area contributed by atoms with E-state index in [0.717, 1.165) is 0 Å². The van der Waals surface area contributed by atoms with Crippen molar-refractivity contribution >= 4 is 5.97 Å². The van der Waals surface area contributed by atoms with Crippen LogP contribution in [0.3, 0.4) is 0 Å². The predicted octanol–water partition coefficient (Wildman–Crippen LogP) is 3.56. The molecule has 0 aliphatic heterocycles. The van der Waals surface area contributed by atoms with E-state index in [4.69, 9.17) is 9.47 Å². The van der Waals surface area contributed by atoms with Gasteiger partial charge in [-0.2, -0.15) is 0 Å². The van der Waals surface area contributed by atoms with Gasteiger partial charge in [0.15, 0.2) is 0 Å². The van der Waals surface area contributed by atoms with Gasteiger partial charge in [0, 0.05) is 0 Å². The first-order valence-electron chi connectivity index (χ1n) is 6.44. The molecule has 0 saturated heterocycles. The predicted molar refractivity (Wildman–Crippen MR) is 69.1 cm³/mol. The number of methoxy groups -OCH3 is 1. The van der Waals surface area contributed by atoms with Gasteiger partial charge >= 0.3 is 12.3 Å². The maximum Gasteiger partial charge on any atom is 0.522 e. The summed E-state index contributed by atoms with van der Waals surface area (Å²) >= 11 is 0. The fourth-order valence-corrected chi connectivity index (χ4v) is 1.57. The molecule has 1 aromatic carbocycles. The number of hydrogen-bond donors (Lipinski definition) is 0. The van der Waals surface area contributed by atoms with Crippen molar-refractivity contribution in [2.24, 2.45) is 0 Å². The third-order valence-electron chi connectivity index (χ3n) is 2.59. The summed E-state index contributed by atoms with van der Waals surface area (Å²) in [5, 5.41) is 0. The lowest BCUT2D eigenvalue weighted by Crippen LogP contribution is -2.14. The molecule has 0 amide bonds. The molecule has 7 heteroatoms. The summed E-state index contributed by atoms with van der Waals surface area (Å²) in [5.41, 5.74) is 0.370. The maximum absolute atomic E-state index is 11.7. The number of carbonyl (C=O) groups excluding carboxylic acids is 1. The molecule has 0 aliphatic rings. The number of halogens is 3. The Balaban J connectivity index is 2.16. The number of esters is 1. The van der Waals surface area contributed by atoms with E-state index in [-0.39, 0.29) is 19.6 Å². The summed E-state index contributed by atoms with van der Waals surface area (Å²) in [5.74, 6) is 0.0641. The quantitative estimate of drug-likeness (QED) is 0.544. The first-order valence-corrected chi connectivity index (χ1v) is 6.44. The Hall–Kier alpha value is -1.76. The van der Waals surface area contributed by atoms with Crippen molar-refractivity contribution in [1.29, 1.82) is 0 Å². The maximum atomic E-state index is 11.7. The van der Waals surface area contributed by atoms with E-state index in [9.17, 15) is 18.0 Å². The number of unbranched alkanes of at least 4 members (excludes halogenated alkanes) is 2. The molecule has 1 rings (SSSR count). The molecule has 0 aromatic heterocycles. The van der Waals surface area contributed by atoms with Gasteiger partial charge in [0.25, 0.3) is 0 Å². The van der Waals surface area contributed by atoms with Gasteiger partial charge < -0.3 is 9.47 Å². The Morgan fingerprint density at radius 2 is 1.86 bits per heavy atom. The Morgan fingerprint density at radius 3 is 2.52 bits per heavy atom. The van der Waals surface area contributed by atoms with Crippen LogP contribution in [0.5, 0.6) is 5.75 Å². The topological polar surface area (TPSA) is 44.8 Å². The third kappa shape index (κ3) is 7.55. The molecule has 1 aromatic rings. The van der Waals surface area contributed by atoms with Crippen LogP contribution in [0.1, 0.15) is 29.6 Å². The molecule has 0 fully saturated rings. The van der Waals surface area contributed by atoms with Gasteiger partial charge in [0.1, 0.15) is 5.75 Å². The second-order valence-corrected chi connectivity index (χ2v) is 4.22. The Kier molecular flexibility index (Phi) is 7.01. The van der Waals surface area contributed by atoms with Crippen molar-refractivity contribution in [3.05, 3.63) is 29.8 Å². The molecule has 0 spiro atoms. The Bertz CT molecular complexity index is 446. The molecule has 0 saturated carbocycles. The number of benzene rings is 1. The van der Waals surface area contributed by atoms with Crippen molar-refractivity contribution < 1.29 is 32.2 Å². The van der Waals surface area contributed by atoms with Crippen molar-refractivity contribution in [3.63, 3.8) is 0 Å². The first kappa shape index (κ1) is 17.3. The van der Waals surface area contributed by atoms with Crippen LogP contribution in [0.15, 0.2) is 24.3 Å². The molecular weight excluding hydrogens is 289 g/mol. The second-order valence-electron chi connectivity index (χ2n) is 4.22. The van der Waals surface area contributed by atoms with E-state index in [0.29, 0.717) is 24.2 Å². The SMILES string of the molecule is COc1cccc(C(=O)OCCCCCOC(F)(F)F)c1. The van der Waals surface area contributed by atoms with Crippen LogP contribution in [0.4, 0.5) is 13.2 Å². The normalized spacial score (nSPS) is 11.2. The van der Waals surface area contributed by atoms with E-state index in [1.165, 1.54) is 7.11 Å². The zero-order valence-electron chi connectivity index (χ0n) is 11.6. The van der Waals surface area contributed by atoms with Crippen LogP contribution < -0.4 is 4.74 Å². The highest BCUT2D eigenvalue weighted by atomic mass is 19.4. The summed E-state index contributed by atoms with van der Waals surface area (Å²) < 4.78 is 48.7. The molecular formula is C14H17F3O4. The first-order chi connectivity index (χ1) is 9.92. The standard InChI is InChI=1S/C14H17F3O4/c1-19-12-7-5-6-11(10-12)13(18)20-8-3-2-4-9-21-14(15,16)17/h5-7,10H,2-4,8-9H2,1H3. The van der Waals surface area contributed by atoms with Gasteiger partial charge in [0.05, 0.1) is 25.9 Å². The number of carbonyl (C=O) groups is 1. The van der Waals surface area contributed by atoms with Gasteiger partial charge in [-0.3, -0.25) is 4.74 Å². The highest BCUT2D eigenvalue weighted by molar-refractivity contribution is 5.89. The van der Waals surface area contributed by atoms with Crippen LogP contribution in [-0.4, -0.2) is 32.7 Å². The largest absolute Gasteiger partial charge is 0.522 e. The van der Waals surface area contributed by atoms with Crippen molar-refractivity contribution in [1.82, 2.24) is 0 Å². The molecule has 0 aliphatic carbocycles. The summed E-state index contributed by atoms with van der Waals surface area (Å²) in [6.45, 7) is -0.227. The summed E-state index contributed by atoms with van der Waals surface area (Å²) in [6, 6.07) is 6.53. The van der Waals surface area contributed by atoms with Crippen LogP contribution in [-0.2, 0) is 9.47 Å². The lowest BCUT2D eigenvalue weighted by molar-refractivity contribution is -0.324. The van der Waals surface area contributed by atoms with E-state index < -0.39 is 12.3 Å².